The van der Waals surface area contributed by atoms with Crippen molar-refractivity contribution in [3.63, 3.8) is 0 Å². The summed E-state index contributed by atoms with van der Waals surface area (Å²) in [6.07, 6.45) is 4.85. The van der Waals surface area contributed by atoms with Gasteiger partial charge >= 0.3 is 5.97 Å². The number of carbonyl (C=O) groups excluding carboxylic acids is 1. The Balaban J connectivity index is 1.63. The number of nitrogens with zero attached hydrogens (tertiary/aromatic N) is 5. The molecule has 3 aromatic rings. The lowest BCUT2D eigenvalue weighted by atomic mass is 10.1. The Morgan fingerprint density at radius 2 is 1.89 bits per heavy atom. The first kappa shape index (κ1) is 18.0. The van der Waals surface area contributed by atoms with Gasteiger partial charge in [0.05, 0.1) is 11.4 Å². The van der Waals surface area contributed by atoms with E-state index in [4.69, 9.17) is 4.63 Å². The third kappa shape index (κ3) is 3.17. The summed E-state index contributed by atoms with van der Waals surface area (Å²) in [5.41, 5.74) is 2.55. The van der Waals surface area contributed by atoms with Crippen LogP contribution in [-0.4, -0.2) is 50.2 Å². The van der Waals surface area contributed by atoms with Crippen molar-refractivity contribution in [1.82, 2.24) is 20.1 Å². The molecule has 3 heterocycles. The minimum absolute atomic E-state index is 0.139. The van der Waals surface area contributed by atoms with Gasteiger partial charge in [-0.15, -0.1) is 0 Å². The SMILES string of the molecule is CC(C(=O)O)n1nccc1C(=O)Nc1ccc(N2CCCCC2)c2nonc12. The molecular weight excluding hydrogens is 364 g/mol. The third-order valence-electron chi connectivity index (χ3n) is 4.97. The van der Waals surface area contributed by atoms with E-state index < -0.39 is 17.9 Å². The van der Waals surface area contributed by atoms with Crippen LogP contribution in [0.3, 0.4) is 0 Å². The van der Waals surface area contributed by atoms with E-state index in [1.807, 2.05) is 6.07 Å². The molecule has 4 rings (SSSR count). The Hall–Kier alpha value is -3.43. The highest BCUT2D eigenvalue weighted by atomic mass is 16.6. The molecule has 0 spiro atoms. The van der Waals surface area contributed by atoms with Crippen molar-refractivity contribution in [3.05, 3.63) is 30.1 Å². The van der Waals surface area contributed by atoms with Crippen LogP contribution in [0.1, 0.15) is 42.7 Å². The standard InChI is InChI=1S/C18H20N6O4/c1-11(18(26)27)24-14(7-8-19-24)17(25)20-12-5-6-13(16-15(12)21-28-22-16)23-9-3-2-4-10-23/h5-8,11H,2-4,9-10H2,1H3,(H,20,25)(H,26,27). The maximum absolute atomic E-state index is 12.7. The molecule has 1 aliphatic rings. The van der Waals surface area contributed by atoms with Crippen molar-refractivity contribution in [2.75, 3.05) is 23.3 Å². The Bertz CT molecular complexity index is 1020. The van der Waals surface area contributed by atoms with Crippen LogP contribution in [-0.2, 0) is 4.79 Å². The highest BCUT2D eigenvalue weighted by Crippen LogP contribution is 2.31. The monoisotopic (exact) mass is 384 g/mol. The number of hydrogen-bond donors (Lipinski definition) is 2. The maximum Gasteiger partial charge on any atom is 0.328 e. The average Bonchev–Trinajstić information content (AvgIpc) is 3.38. The van der Waals surface area contributed by atoms with Gasteiger partial charge < -0.3 is 15.3 Å². The molecule has 1 aliphatic heterocycles. The molecule has 0 aliphatic carbocycles. The number of anilines is 2. The Labute approximate surface area is 160 Å². The second-order valence-corrected chi connectivity index (χ2v) is 6.77. The zero-order chi connectivity index (χ0) is 19.7. The van der Waals surface area contributed by atoms with Crippen LogP contribution in [0.4, 0.5) is 11.4 Å². The van der Waals surface area contributed by atoms with Crippen molar-refractivity contribution >= 4 is 34.3 Å². The first-order valence-corrected chi connectivity index (χ1v) is 9.14. The quantitative estimate of drug-likeness (QED) is 0.686. The lowest BCUT2D eigenvalue weighted by molar-refractivity contribution is -0.140. The van der Waals surface area contributed by atoms with Crippen molar-refractivity contribution < 1.29 is 19.3 Å². The molecule has 10 heteroatoms. The number of aromatic nitrogens is 4. The van der Waals surface area contributed by atoms with Crippen molar-refractivity contribution in [2.24, 2.45) is 0 Å². The van der Waals surface area contributed by atoms with E-state index in [1.54, 1.807) is 6.07 Å². The first-order chi connectivity index (χ1) is 13.6. The zero-order valence-electron chi connectivity index (χ0n) is 15.3. The summed E-state index contributed by atoms with van der Waals surface area (Å²) in [6, 6.07) is 4.15. The zero-order valence-corrected chi connectivity index (χ0v) is 15.3. The average molecular weight is 384 g/mol. The molecule has 2 N–H and O–H groups in total. The third-order valence-corrected chi connectivity index (χ3v) is 4.97. The molecule has 1 fully saturated rings. The largest absolute Gasteiger partial charge is 0.480 e. The van der Waals surface area contributed by atoms with Gasteiger partial charge in [-0.25, -0.2) is 14.1 Å². The smallest absolute Gasteiger partial charge is 0.328 e. The minimum Gasteiger partial charge on any atom is -0.480 e. The van der Waals surface area contributed by atoms with Gasteiger partial charge in [0.25, 0.3) is 5.91 Å². The fraction of sp³-hybridized carbons (Fsp3) is 0.389. The van der Waals surface area contributed by atoms with E-state index in [1.165, 1.54) is 25.6 Å². The van der Waals surface area contributed by atoms with E-state index in [2.05, 4.69) is 25.6 Å². The number of piperidine rings is 1. The molecule has 146 valence electrons. The molecule has 28 heavy (non-hydrogen) atoms. The van der Waals surface area contributed by atoms with E-state index in [0.29, 0.717) is 16.7 Å². The maximum atomic E-state index is 12.7. The highest BCUT2D eigenvalue weighted by Gasteiger charge is 2.23. The molecule has 1 atom stereocenters. The fourth-order valence-electron chi connectivity index (χ4n) is 3.44. The van der Waals surface area contributed by atoms with Gasteiger partial charge in [0.15, 0.2) is 11.0 Å². The molecule has 10 nitrogen and oxygen atoms in total. The van der Waals surface area contributed by atoms with Crippen LogP contribution in [0.15, 0.2) is 29.0 Å². The molecular formula is C18H20N6O4. The molecule has 1 amide bonds. The van der Waals surface area contributed by atoms with Crippen LogP contribution in [0.2, 0.25) is 0 Å². The predicted octanol–water partition coefficient (Wildman–Crippen LogP) is 2.31. The second kappa shape index (κ2) is 7.29. The van der Waals surface area contributed by atoms with Gasteiger partial charge in [-0.3, -0.25) is 4.79 Å². The number of fused-ring (bicyclic) bond motifs is 1. The number of amides is 1. The lowest BCUT2D eigenvalue weighted by Gasteiger charge is -2.28. The normalized spacial score (nSPS) is 15.5. The van der Waals surface area contributed by atoms with Gasteiger partial charge in [0, 0.05) is 19.3 Å². The first-order valence-electron chi connectivity index (χ1n) is 9.14. The number of aliphatic carboxylic acids is 1. The number of carbonyl (C=O) groups is 2. The van der Waals surface area contributed by atoms with Crippen LogP contribution in [0, 0.1) is 0 Å². The molecule has 2 aromatic heterocycles. The number of hydrogen-bond acceptors (Lipinski definition) is 7. The summed E-state index contributed by atoms with van der Waals surface area (Å²) in [5.74, 6) is -1.56. The molecule has 0 radical (unpaired) electrons. The summed E-state index contributed by atoms with van der Waals surface area (Å²) in [7, 11) is 0. The molecule has 0 bridgehead atoms. The lowest BCUT2D eigenvalue weighted by Crippen LogP contribution is -2.29. The predicted molar refractivity (Wildman–Crippen MR) is 100 cm³/mol. The van der Waals surface area contributed by atoms with Crippen LogP contribution in [0.5, 0.6) is 0 Å². The summed E-state index contributed by atoms with van der Waals surface area (Å²) in [6.45, 7) is 3.35. The van der Waals surface area contributed by atoms with Gasteiger partial charge in [0.1, 0.15) is 11.7 Å². The second-order valence-electron chi connectivity index (χ2n) is 6.77. The summed E-state index contributed by atoms with van der Waals surface area (Å²) < 4.78 is 6.09. The van der Waals surface area contributed by atoms with E-state index in [-0.39, 0.29) is 5.69 Å². The fourth-order valence-corrected chi connectivity index (χ4v) is 3.44. The molecule has 1 unspecified atom stereocenters. The molecule has 1 saturated heterocycles. The summed E-state index contributed by atoms with van der Waals surface area (Å²) in [5, 5.41) is 23.9. The summed E-state index contributed by atoms with van der Waals surface area (Å²) >= 11 is 0. The van der Waals surface area contributed by atoms with Gasteiger partial charge in [-0.1, -0.05) is 0 Å². The number of rotatable bonds is 5. The van der Waals surface area contributed by atoms with Crippen LogP contribution >= 0.6 is 0 Å². The Morgan fingerprint density at radius 3 is 2.64 bits per heavy atom. The van der Waals surface area contributed by atoms with Crippen LogP contribution < -0.4 is 10.2 Å². The Morgan fingerprint density at radius 1 is 1.14 bits per heavy atom. The van der Waals surface area contributed by atoms with Crippen molar-refractivity contribution in [2.45, 2.75) is 32.2 Å². The number of nitrogens with one attached hydrogen (secondary N) is 1. The van der Waals surface area contributed by atoms with Gasteiger partial charge in [-0.05, 0) is 54.7 Å². The van der Waals surface area contributed by atoms with Crippen molar-refractivity contribution in [1.29, 1.82) is 0 Å². The van der Waals surface area contributed by atoms with Gasteiger partial charge in [0.2, 0.25) is 0 Å². The van der Waals surface area contributed by atoms with E-state index >= 15 is 0 Å². The minimum atomic E-state index is -1.08. The topological polar surface area (TPSA) is 126 Å². The molecule has 0 saturated carbocycles. The highest BCUT2D eigenvalue weighted by molar-refractivity contribution is 6.08. The number of benzene rings is 1. The van der Waals surface area contributed by atoms with Crippen molar-refractivity contribution in [3.8, 4) is 0 Å². The van der Waals surface area contributed by atoms with Crippen LogP contribution in [0.25, 0.3) is 11.0 Å². The van der Waals surface area contributed by atoms with E-state index in [9.17, 15) is 14.7 Å². The van der Waals surface area contributed by atoms with E-state index in [0.717, 1.165) is 36.3 Å². The summed E-state index contributed by atoms with van der Waals surface area (Å²) in [4.78, 5) is 26.2. The number of carboxylic acid groups (broad SMARTS) is 1. The van der Waals surface area contributed by atoms with Gasteiger partial charge in [-0.2, -0.15) is 5.10 Å². The number of carboxylic acids is 1. The molecule has 1 aromatic carbocycles. The Kier molecular flexibility index (Phi) is 4.68.